The van der Waals surface area contributed by atoms with Gasteiger partial charge in [0.15, 0.2) is 5.58 Å². The Morgan fingerprint density at radius 3 is 2.09 bits per heavy atom. The Balaban J connectivity index is 1.88. The van der Waals surface area contributed by atoms with E-state index < -0.39 is 29.1 Å². The number of aryl methyl sites for hydroxylation is 2. The van der Waals surface area contributed by atoms with Gasteiger partial charge < -0.3 is 18.8 Å². The highest BCUT2D eigenvalue weighted by atomic mass is 19.4. The van der Waals surface area contributed by atoms with E-state index in [0.717, 1.165) is 47.5 Å². The van der Waals surface area contributed by atoms with E-state index >= 15 is 0 Å². The molecule has 4 rings (SSSR count). The molecule has 0 saturated heterocycles. The van der Waals surface area contributed by atoms with Gasteiger partial charge in [0.1, 0.15) is 18.0 Å². The summed E-state index contributed by atoms with van der Waals surface area (Å²) in [5.74, 6) is -3.04. The Kier molecular flexibility index (Phi) is 10.1. The van der Waals surface area contributed by atoms with Gasteiger partial charge in [0, 0.05) is 0 Å². The van der Waals surface area contributed by atoms with E-state index in [1.54, 1.807) is 31.2 Å². The van der Waals surface area contributed by atoms with Crippen LogP contribution in [0.1, 0.15) is 85.8 Å². The zero-order valence-corrected chi connectivity index (χ0v) is 26.9. The fourth-order valence-corrected chi connectivity index (χ4v) is 5.24. The average Bonchev–Trinajstić information content (AvgIpc) is 2.96. The molecule has 0 aliphatic carbocycles. The second-order valence-corrected chi connectivity index (χ2v) is 12.5. The molecule has 0 saturated carbocycles. The summed E-state index contributed by atoms with van der Waals surface area (Å²) in [5.41, 5.74) is 1.88. The Morgan fingerprint density at radius 2 is 1.53 bits per heavy atom. The molecular formula is C36H41F3NO5+. The fraction of sp³-hybridized carbons (Fsp3) is 0.389. The van der Waals surface area contributed by atoms with Gasteiger partial charge in [-0.25, -0.2) is 4.79 Å². The second kappa shape index (κ2) is 13.5. The predicted molar refractivity (Wildman–Crippen MR) is 169 cm³/mol. The normalized spacial score (nSPS) is 12.2. The summed E-state index contributed by atoms with van der Waals surface area (Å²) in [6, 6.07) is 14.6. The summed E-state index contributed by atoms with van der Waals surface area (Å²) < 4.78 is 60.4. The molecule has 0 unspecified atom stereocenters. The van der Waals surface area contributed by atoms with Crippen LogP contribution in [0.15, 0.2) is 63.8 Å². The van der Waals surface area contributed by atoms with Crippen LogP contribution in [0.5, 0.6) is 17.2 Å². The highest BCUT2D eigenvalue weighted by Gasteiger charge is 2.41. The summed E-state index contributed by atoms with van der Waals surface area (Å²) in [6.07, 6.45) is -3.40. The molecule has 3 aromatic carbocycles. The molecule has 240 valence electrons. The summed E-state index contributed by atoms with van der Waals surface area (Å²) >= 11 is 0. The number of benzene rings is 3. The third kappa shape index (κ3) is 7.76. The van der Waals surface area contributed by atoms with Crippen LogP contribution in [-0.4, -0.2) is 19.1 Å². The first-order valence-electron chi connectivity index (χ1n) is 15.2. The first-order chi connectivity index (χ1) is 21.1. The van der Waals surface area contributed by atoms with Crippen LogP contribution in [0.2, 0.25) is 0 Å². The van der Waals surface area contributed by atoms with Crippen LogP contribution in [0, 0.1) is 13.8 Å². The largest absolute Gasteiger partial charge is 0.453 e. The van der Waals surface area contributed by atoms with Crippen LogP contribution in [0.3, 0.4) is 0 Å². The summed E-state index contributed by atoms with van der Waals surface area (Å²) in [4.78, 5) is 28.0. The lowest BCUT2D eigenvalue weighted by Crippen LogP contribution is -3.10. The van der Waals surface area contributed by atoms with Crippen molar-refractivity contribution in [2.45, 2.75) is 79.4 Å². The fourth-order valence-electron chi connectivity index (χ4n) is 5.24. The Hall–Kier alpha value is -4.11. The first kappa shape index (κ1) is 33.8. The number of carbonyl (C=O) groups is 1. The van der Waals surface area contributed by atoms with Crippen LogP contribution in [0.4, 0.5) is 13.2 Å². The summed E-state index contributed by atoms with van der Waals surface area (Å²) in [7, 11) is 0. The summed E-state index contributed by atoms with van der Waals surface area (Å²) in [6.45, 7) is 15.5. The van der Waals surface area contributed by atoms with Crippen molar-refractivity contribution in [2.75, 3.05) is 13.1 Å². The minimum Gasteiger partial charge on any atom is -0.449 e. The topological polar surface area (TPSA) is 70.2 Å². The number of esters is 1. The molecule has 0 atom stereocenters. The Morgan fingerprint density at radius 1 is 0.889 bits per heavy atom. The maximum atomic E-state index is 14.5. The van der Waals surface area contributed by atoms with E-state index in [2.05, 4.69) is 20.8 Å². The number of nitrogens with one attached hydrogen (secondary N) is 1. The molecule has 1 N–H and O–H groups in total. The monoisotopic (exact) mass is 624 g/mol. The van der Waals surface area contributed by atoms with E-state index in [-0.39, 0.29) is 45.6 Å². The molecule has 0 amide bonds. The molecule has 0 radical (unpaired) electrons. The Bertz CT molecular complexity index is 1730. The lowest BCUT2D eigenvalue weighted by molar-refractivity contribution is -0.913. The minimum absolute atomic E-state index is 0.0382. The van der Waals surface area contributed by atoms with Crippen LogP contribution in [-0.2, 0) is 18.1 Å². The summed E-state index contributed by atoms with van der Waals surface area (Å²) in [5, 5.41) is -0.0986. The molecule has 0 bridgehead atoms. The molecule has 0 aliphatic rings. The maximum Gasteiger partial charge on any atom is 0.453 e. The number of halogens is 3. The molecule has 9 heteroatoms. The first-order valence-corrected chi connectivity index (χ1v) is 15.2. The lowest BCUT2D eigenvalue weighted by Gasteiger charge is -2.21. The number of ether oxygens (including phenoxy) is 2. The number of alkyl halides is 3. The highest BCUT2D eigenvalue weighted by molar-refractivity contribution is 5.92. The van der Waals surface area contributed by atoms with E-state index in [9.17, 15) is 22.8 Å². The standard InChI is InChI=1S/C36H40F3NO5/c1-8-18-40(19-9-2)21-28-29(44-34(42)24-11-13-25(14-12-24)35(5,6)7)17-16-27-30(41)32(33(36(37,38)39)45-31(27)28)43-26-15-10-22(3)23(4)20-26/h10-17,20H,8-9,18-19,21H2,1-7H3/p+1. The van der Waals surface area contributed by atoms with Crippen molar-refractivity contribution < 1.29 is 36.8 Å². The maximum absolute atomic E-state index is 14.5. The number of carbonyl (C=O) groups excluding carboxylic acids is 1. The molecule has 0 spiro atoms. The number of hydrogen-bond acceptors (Lipinski definition) is 5. The van der Waals surface area contributed by atoms with Gasteiger partial charge in [-0.2, -0.15) is 13.2 Å². The number of hydrogen-bond donors (Lipinski definition) is 1. The Labute approximate surface area is 261 Å². The van der Waals surface area contributed by atoms with Crippen LogP contribution < -0.4 is 19.8 Å². The zero-order valence-electron chi connectivity index (χ0n) is 26.9. The van der Waals surface area contributed by atoms with E-state index in [4.69, 9.17) is 13.9 Å². The quantitative estimate of drug-likeness (QED) is 0.143. The highest BCUT2D eigenvalue weighted by Crippen LogP contribution is 2.40. The third-order valence-electron chi connectivity index (χ3n) is 7.86. The van der Waals surface area contributed by atoms with Crippen molar-refractivity contribution in [1.29, 1.82) is 0 Å². The van der Waals surface area contributed by atoms with Gasteiger partial charge in [-0.3, -0.25) is 4.79 Å². The molecule has 0 fully saturated rings. The molecule has 4 aromatic rings. The number of quaternary nitrogens is 1. The third-order valence-corrected chi connectivity index (χ3v) is 7.86. The van der Waals surface area contributed by atoms with Crippen LogP contribution in [0.25, 0.3) is 11.0 Å². The SMILES string of the molecule is CCC[NH+](CCC)Cc1c(OC(=O)c2ccc(C(C)(C)C)cc2)ccc2c(=O)c(Oc3ccc(C)c(C)c3)c(C(F)(F)F)oc12. The molecule has 1 aromatic heterocycles. The van der Waals surface area contributed by atoms with Gasteiger partial charge in [0.2, 0.25) is 11.2 Å². The van der Waals surface area contributed by atoms with Crippen molar-refractivity contribution in [1.82, 2.24) is 0 Å². The van der Waals surface area contributed by atoms with Gasteiger partial charge in [-0.15, -0.1) is 0 Å². The van der Waals surface area contributed by atoms with Crippen molar-refractivity contribution in [3.63, 3.8) is 0 Å². The van der Waals surface area contributed by atoms with Crippen molar-refractivity contribution in [3.05, 3.63) is 98.4 Å². The molecule has 6 nitrogen and oxygen atoms in total. The predicted octanol–water partition coefficient (Wildman–Crippen LogP) is 7.94. The lowest BCUT2D eigenvalue weighted by atomic mass is 9.87. The zero-order chi connectivity index (χ0) is 33.1. The smallest absolute Gasteiger partial charge is 0.449 e. The van der Waals surface area contributed by atoms with Gasteiger partial charge in [0.05, 0.1) is 29.6 Å². The molecular weight excluding hydrogens is 583 g/mol. The van der Waals surface area contributed by atoms with Gasteiger partial charge in [0.25, 0.3) is 5.76 Å². The number of fused-ring (bicyclic) bond motifs is 1. The van der Waals surface area contributed by atoms with Crippen molar-refractivity contribution >= 4 is 16.9 Å². The van der Waals surface area contributed by atoms with Crippen molar-refractivity contribution in [2.24, 2.45) is 0 Å². The second-order valence-electron chi connectivity index (χ2n) is 12.5. The molecule has 0 aliphatic heterocycles. The van der Waals surface area contributed by atoms with Crippen molar-refractivity contribution in [3.8, 4) is 17.2 Å². The molecule has 1 heterocycles. The van der Waals surface area contributed by atoms with Gasteiger partial charge in [-0.05, 0) is 85.2 Å². The van der Waals surface area contributed by atoms with Gasteiger partial charge >= 0.3 is 12.1 Å². The van der Waals surface area contributed by atoms with E-state index in [1.807, 2.05) is 32.9 Å². The minimum atomic E-state index is -5.04. The number of rotatable bonds is 10. The van der Waals surface area contributed by atoms with Crippen LogP contribution >= 0.6 is 0 Å². The van der Waals surface area contributed by atoms with E-state index in [1.165, 1.54) is 18.2 Å². The van der Waals surface area contributed by atoms with E-state index in [0.29, 0.717) is 0 Å². The van der Waals surface area contributed by atoms with Gasteiger partial charge in [-0.1, -0.05) is 52.8 Å². The average molecular weight is 625 g/mol. The molecule has 45 heavy (non-hydrogen) atoms.